The molecule has 16 nitrogen and oxygen atoms in total. The molecule has 2 aromatic carbocycles. The molecule has 3 atom stereocenters. The van der Waals surface area contributed by atoms with Gasteiger partial charge in [-0.3, -0.25) is 43.5 Å². The van der Waals surface area contributed by atoms with Gasteiger partial charge in [-0.15, -0.1) is 0 Å². The van der Waals surface area contributed by atoms with Crippen LogP contribution in [0.1, 0.15) is 90.6 Å². The first-order chi connectivity index (χ1) is 33.4. The number of hydrogen-bond donors (Lipinski definition) is 2. The van der Waals surface area contributed by atoms with Gasteiger partial charge >= 0.3 is 5.69 Å². The number of aromatic nitrogens is 5. The maximum atomic E-state index is 13.8. The van der Waals surface area contributed by atoms with Crippen molar-refractivity contribution < 1.29 is 19.1 Å². The number of ether oxygens (including phenoxy) is 1. The predicted molar refractivity (Wildman–Crippen MR) is 267 cm³/mol. The summed E-state index contributed by atoms with van der Waals surface area (Å²) in [6.07, 6.45) is 8.32. The Morgan fingerprint density at radius 2 is 1.64 bits per heavy atom. The molecule has 10 rings (SSSR count). The highest BCUT2D eigenvalue weighted by Gasteiger charge is 2.34. The molecule has 16 heteroatoms. The zero-order chi connectivity index (χ0) is 47.9. The Hall–Kier alpha value is -6.20. The van der Waals surface area contributed by atoms with Crippen LogP contribution in [0.25, 0.3) is 33.2 Å². The Balaban J connectivity index is 0.695. The molecular formula is C53H65N11O5. The van der Waals surface area contributed by atoms with Crippen LogP contribution in [0.4, 0.5) is 5.82 Å². The lowest BCUT2D eigenvalue weighted by atomic mass is 9.88. The molecule has 3 N–H and O–H groups in total. The van der Waals surface area contributed by atoms with Gasteiger partial charge in [-0.05, 0) is 129 Å². The summed E-state index contributed by atoms with van der Waals surface area (Å²) < 4.78 is 11.1. The van der Waals surface area contributed by atoms with E-state index in [1.165, 1.54) is 15.8 Å². The topological polar surface area (TPSA) is 169 Å². The van der Waals surface area contributed by atoms with E-state index < -0.39 is 11.9 Å². The van der Waals surface area contributed by atoms with Gasteiger partial charge in [0.15, 0.2) is 0 Å². The summed E-state index contributed by atoms with van der Waals surface area (Å²) in [7, 11) is 5.61. The lowest BCUT2D eigenvalue weighted by molar-refractivity contribution is -0.135. The summed E-state index contributed by atoms with van der Waals surface area (Å²) in [6, 6.07) is 22.5. The van der Waals surface area contributed by atoms with E-state index >= 15 is 0 Å². The van der Waals surface area contributed by atoms with E-state index in [-0.39, 0.29) is 36.0 Å². The maximum absolute atomic E-state index is 13.8. The largest absolute Gasteiger partial charge is 0.384 e. The lowest BCUT2D eigenvalue weighted by Gasteiger charge is -2.43. The summed E-state index contributed by atoms with van der Waals surface area (Å²) in [5.41, 5.74) is 14.6. The van der Waals surface area contributed by atoms with E-state index in [1.807, 2.05) is 53.7 Å². The number of piperidine rings is 3. The van der Waals surface area contributed by atoms with Gasteiger partial charge in [-0.2, -0.15) is 0 Å². The van der Waals surface area contributed by atoms with E-state index in [0.29, 0.717) is 36.2 Å². The number of likely N-dealkylation sites (tertiary alicyclic amines) is 2. The number of nitrogens with one attached hydrogen (secondary N) is 1. The summed E-state index contributed by atoms with van der Waals surface area (Å²) in [5.74, 6) is 0.876. The van der Waals surface area contributed by atoms with Crippen LogP contribution in [-0.4, -0.2) is 133 Å². The van der Waals surface area contributed by atoms with Gasteiger partial charge in [0.25, 0.3) is 5.91 Å². The minimum absolute atomic E-state index is 0.126. The van der Waals surface area contributed by atoms with Crippen molar-refractivity contribution in [3.8, 4) is 11.1 Å². The Morgan fingerprint density at radius 1 is 0.855 bits per heavy atom. The molecule has 0 spiro atoms. The Morgan fingerprint density at radius 3 is 2.36 bits per heavy atom. The van der Waals surface area contributed by atoms with Crippen molar-refractivity contribution in [3.05, 3.63) is 112 Å². The van der Waals surface area contributed by atoms with Crippen molar-refractivity contribution in [1.82, 2.24) is 48.6 Å². The normalized spacial score (nSPS) is 21.1. The molecule has 3 amide bonds. The number of anilines is 1. The monoisotopic (exact) mass is 936 g/mol. The second-order valence-corrected chi connectivity index (χ2v) is 19.9. The molecule has 6 aromatic rings. The molecule has 0 saturated carbocycles. The number of nitrogen functional groups attached to an aromatic ring is 1. The van der Waals surface area contributed by atoms with E-state index in [2.05, 4.69) is 73.9 Å². The average Bonchev–Trinajstić information content (AvgIpc) is 3.83. The third-order valence-electron chi connectivity index (χ3n) is 15.7. The molecular weight excluding hydrogens is 871 g/mol. The number of imidazole rings is 1. The summed E-state index contributed by atoms with van der Waals surface area (Å²) >= 11 is 0. The lowest BCUT2D eigenvalue weighted by Crippen LogP contribution is -2.56. The third-order valence-corrected chi connectivity index (χ3v) is 15.7. The van der Waals surface area contributed by atoms with Gasteiger partial charge in [0.2, 0.25) is 11.8 Å². The first-order valence-corrected chi connectivity index (χ1v) is 24.7. The molecule has 4 aromatic heterocycles. The first kappa shape index (κ1) is 46.5. The highest BCUT2D eigenvalue weighted by molar-refractivity contribution is 6.00. The smallest absolute Gasteiger partial charge is 0.329 e. The SMILES string of the molecule is COC[C@H]1CN(Cc2ccc3c(c2)n(C)c(=O)n3C2CCC(=O)NC2=O)CCN1CC1CCN(C(=O)c2ccc(C3CCN([C@@H](C)c4cc5c(-c6ccc(N)nc6)ccnc5n4C)CC3)cc2)CC1. The Labute approximate surface area is 403 Å². The van der Waals surface area contributed by atoms with Crippen molar-refractivity contribution in [2.75, 3.05) is 71.8 Å². The highest BCUT2D eigenvalue weighted by Crippen LogP contribution is 2.36. The van der Waals surface area contributed by atoms with Gasteiger partial charge in [0.1, 0.15) is 17.5 Å². The zero-order valence-electron chi connectivity index (χ0n) is 40.3. The van der Waals surface area contributed by atoms with E-state index in [9.17, 15) is 19.2 Å². The molecule has 1 unspecified atom stereocenters. The number of hydrogen-bond acceptors (Lipinski definition) is 11. The van der Waals surface area contributed by atoms with Crippen LogP contribution in [0.5, 0.6) is 0 Å². The number of imide groups is 1. The fraction of sp³-hybridized carbons (Fsp3) is 0.472. The number of carbonyl (C=O) groups is 3. The minimum Gasteiger partial charge on any atom is -0.384 e. The Kier molecular flexibility index (Phi) is 13.3. The van der Waals surface area contributed by atoms with Crippen LogP contribution in [0.3, 0.4) is 0 Å². The molecule has 4 fully saturated rings. The van der Waals surface area contributed by atoms with Crippen molar-refractivity contribution in [1.29, 1.82) is 0 Å². The van der Waals surface area contributed by atoms with Gasteiger partial charge in [-0.1, -0.05) is 18.2 Å². The number of methoxy groups -OCH3 is 1. The number of carbonyl (C=O) groups excluding carboxylic acids is 3. The predicted octanol–water partition coefficient (Wildman–Crippen LogP) is 5.47. The number of benzene rings is 2. The quantitative estimate of drug-likeness (QED) is 0.149. The molecule has 362 valence electrons. The highest BCUT2D eigenvalue weighted by atomic mass is 16.5. The molecule has 0 radical (unpaired) electrons. The standard InChI is InChI=1S/C53H65N11O5/c1-34(46-28-43-42(15-20-55-50(43)58(46)2)40-10-13-48(54)56-29-40)61-23-18-38(19-24-61)37-6-8-39(9-7-37)52(67)62-21-16-35(17-22-62)31-63-26-25-60(32-41(63)33-69-4)30-36-5-11-44-47(27-36)59(3)53(68)64(44)45-12-14-49(65)57-51(45)66/h5-11,13,15,20,27-29,34-35,38,41,45H,12,14,16-19,21-26,30-33H2,1-4H3,(H2,54,56)(H,57,65,66)/t34-,41+,45?/m0/s1. The Bertz CT molecular complexity index is 2910. The van der Waals surface area contributed by atoms with E-state index in [0.717, 1.165) is 123 Å². The fourth-order valence-electron chi connectivity index (χ4n) is 11.7. The number of piperazine rings is 1. The number of nitrogens with zero attached hydrogens (tertiary/aromatic N) is 9. The molecule has 0 aliphatic carbocycles. The van der Waals surface area contributed by atoms with Crippen LogP contribution < -0.4 is 16.7 Å². The third kappa shape index (κ3) is 9.34. The summed E-state index contributed by atoms with van der Waals surface area (Å²) in [4.78, 5) is 70.3. The number of pyridine rings is 2. The number of rotatable bonds is 12. The number of nitrogens with two attached hydrogens (primary N) is 1. The summed E-state index contributed by atoms with van der Waals surface area (Å²) in [6.45, 7) is 10.9. The van der Waals surface area contributed by atoms with Gasteiger partial charge < -0.3 is 19.9 Å². The number of amides is 3. The zero-order valence-corrected chi connectivity index (χ0v) is 40.3. The number of aryl methyl sites for hydroxylation is 2. The molecule has 0 bridgehead atoms. The van der Waals surface area contributed by atoms with Gasteiger partial charge in [-0.25, -0.2) is 14.8 Å². The number of fused-ring (bicyclic) bond motifs is 2. The van der Waals surface area contributed by atoms with E-state index in [4.69, 9.17) is 15.5 Å². The molecule has 4 aliphatic heterocycles. The van der Waals surface area contributed by atoms with Crippen LogP contribution in [-0.2, 0) is 35.0 Å². The molecule has 69 heavy (non-hydrogen) atoms. The minimum atomic E-state index is -0.702. The second kappa shape index (κ2) is 19.7. The second-order valence-electron chi connectivity index (χ2n) is 19.9. The fourth-order valence-corrected chi connectivity index (χ4v) is 11.7. The first-order valence-electron chi connectivity index (χ1n) is 24.7. The van der Waals surface area contributed by atoms with Gasteiger partial charge in [0, 0.05) is 120 Å². The van der Waals surface area contributed by atoms with E-state index in [1.54, 1.807) is 18.7 Å². The summed E-state index contributed by atoms with van der Waals surface area (Å²) in [5, 5.41) is 3.50. The molecule has 4 aliphatic rings. The van der Waals surface area contributed by atoms with Crippen molar-refractivity contribution in [2.24, 2.45) is 20.0 Å². The van der Waals surface area contributed by atoms with Crippen molar-refractivity contribution in [2.45, 2.75) is 76.0 Å². The van der Waals surface area contributed by atoms with Crippen molar-refractivity contribution in [3.63, 3.8) is 0 Å². The molecule has 4 saturated heterocycles. The van der Waals surface area contributed by atoms with Crippen LogP contribution in [0, 0.1) is 5.92 Å². The molecule has 8 heterocycles. The van der Waals surface area contributed by atoms with Crippen LogP contribution in [0.15, 0.2) is 83.9 Å². The van der Waals surface area contributed by atoms with Crippen LogP contribution >= 0.6 is 0 Å². The van der Waals surface area contributed by atoms with Crippen LogP contribution in [0.2, 0.25) is 0 Å². The average molecular weight is 936 g/mol. The van der Waals surface area contributed by atoms with Crippen molar-refractivity contribution >= 4 is 45.6 Å². The van der Waals surface area contributed by atoms with Gasteiger partial charge in [0.05, 0.1) is 17.6 Å². The maximum Gasteiger partial charge on any atom is 0.329 e.